The molecule has 0 aliphatic carbocycles. The number of hydrogen-bond acceptors (Lipinski definition) is 4. The van der Waals surface area contributed by atoms with Crippen LogP contribution in [0.4, 0.5) is 0 Å². The molecule has 152 valence electrons. The average Bonchev–Trinajstić information content (AvgIpc) is 2.70. The van der Waals surface area contributed by atoms with Crippen molar-refractivity contribution < 1.29 is 19.5 Å². The first-order chi connectivity index (χ1) is 14.0. The molecule has 0 aliphatic heterocycles. The molecule has 0 radical (unpaired) electrons. The molecular weight excluding hydrogens is 436 g/mol. The number of carboxylic acids is 1. The van der Waals surface area contributed by atoms with E-state index in [0.717, 1.165) is 10.0 Å². The van der Waals surface area contributed by atoms with Crippen LogP contribution < -0.4 is 15.7 Å². The van der Waals surface area contributed by atoms with Gasteiger partial charge in [-0.2, -0.15) is 0 Å². The number of halogens is 1. The van der Waals surface area contributed by atoms with E-state index in [2.05, 4.69) is 26.6 Å². The zero-order valence-corrected chi connectivity index (χ0v) is 17.4. The summed E-state index contributed by atoms with van der Waals surface area (Å²) in [5.74, 6) is -1.87. The van der Waals surface area contributed by atoms with Crippen LogP contribution >= 0.6 is 15.9 Å². The van der Waals surface area contributed by atoms with Crippen molar-refractivity contribution in [2.45, 2.75) is 25.7 Å². The van der Waals surface area contributed by atoms with Gasteiger partial charge in [0, 0.05) is 22.6 Å². The largest absolute Gasteiger partial charge is 0.550 e. The number of rotatable bonds is 10. The van der Waals surface area contributed by atoms with Gasteiger partial charge in [-0.3, -0.25) is 9.59 Å². The second kappa shape index (κ2) is 11.8. The lowest BCUT2D eigenvalue weighted by atomic mass is 10.1. The molecule has 0 aromatic heterocycles. The lowest BCUT2D eigenvalue weighted by molar-refractivity contribution is -0.305. The SMILES string of the molecule is O=C([O-])CCCCCNC(=O)/C(=C/c1ccccc1)NC(=O)c1cccc(Br)c1. The number of nitrogens with one attached hydrogen (secondary N) is 2. The van der Waals surface area contributed by atoms with E-state index in [1.165, 1.54) is 0 Å². The fraction of sp³-hybridized carbons (Fsp3) is 0.227. The number of carboxylic acid groups (broad SMARTS) is 1. The number of benzene rings is 2. The molecule has 2 aromatic carbocycles. The molecule has 0 saturated heterocycles. The van der Waals surface area contributed by atoms with Gasteiger partial charge >= 0.3 is 0 Å². The van der Waals surface area contributed by atoms with Crippen LogP contribution in [-0.4, -0.2) is 24.3 Å². The van der Waals surface area contributed by atoms with Crippen molar-refractivity contribution in [1.29, 1.82) is 0 Å². The molecule has 0 aliphatic rings. The van der Waals surface area contributed by atoms with Crippen LogP contribution in [0.1, 0.15) is 41.6 Å². The van der Waals surface area contributed by atoms with Gasteiger partial charge in [0.25, 0.3) is 11.8 Å². The number of carbonyl (C=O) groups excluding carboxylic acids is 3. The van der Waals surface area contributed by atoms with E-state index in [9.17, 15) is 19.5 Å². The smallest absolute Gasteiger partial charge is 0.267 e. The van der Waals surface area contributed by atoms with Crippen LogP contribution in [-0.2, 0) is 9.59 Å². The maximum Gasteiger partial charge on any atom is 0.267 e. The molecule has 0 unspecified atom stereocenters. The molecule has 0 fully saturated rings. The molecule has 29 heavy (non-hydrogen) atoms. The standard InChI is InChI=1S/C22H23BrN2O4/c23-18-11-7-10-17(15-18)21(28)25-19(14-16-8-3-1-4-9-16)22(29)24-13-6-2-5-12-20(26)27/h1,3-4,7-11,14-15H,2,5-6,12-13H2,(H,24,29)(H,25,28)(H,26,27)/p-1/b19-14-. The topological polar surface area (TPSA) is 98.3 Å². The minimum Gasteiger partial charge on any atom is -0.550 e. The maximum atomic E-state index is 12.6. The van der Waals surface area contributed by atoms with E-state index in [0.29, 0.717) is 31.4 Å². The average molecular weight is 458 g/mol. The molecule has 0 heterocycles. The molecule has 7 heteroatoms. The van der Waals surface area contributed by atoms with Crippen LogP contribution in [0.3, 0.4) is 0 Å². The van der Waals surface area contributed by atoms with Crippen molar-refractivity contribution in [3.05, 3.63) is 75.9 Å². The van der Waals surface area contributed by atoms with Crippen LogP contribution in [0, 0.1) is 0 Å². The van der Waals surface area contributed by atoms with Crippen molar-refractivity contribution in [3.63, 3.8) is 0 Å². The predicted molar refractivity (Wildman–Crippen MR) is 113 cm³/mol. The maximum absolute atomic E-state index is 12.6. The second-order valence-corrected chi connectivity index (χ2v) is 7.29. The lowest BCUT2D eigenvalue weighted by Crippen LogP contribution is -2.35. The summed E-state index contributed by atoms with van der Waals surface area (Å²) in [4.78, 5) is 35.6. The summed E-state index contributed by atoms with van der Waals surface area (Å²) in [6, 6.07) is 16.1. The molecule has 0 spiro atoms. The number of hydrogen-bond donors (Lipinski definition) is 2. The zero-order valence-electron chi connectivity index (χ0n) is 15.8. The van der Waals surface area contributed by atoms with Crippen LogP contribution in [0.15, 0.2) is 64.8 Å². The van der Waals surface area contributed by atoms with Crippen molar-refractivity contribution in [2.24, 2.45) is 0 Å². The van der Waals surface area contributed by atoms with Gasteiger partial charge in [0.05, 0.1) is 0 Å². The first-order valence-electron chi connectivity index (χ1n) is 9.27. The summed E-state index contributed by atoms with van der Waals surface area (Å²) < 4.78 is 0.764. The molecule has 2 amide bonds. The Bertz CT molecular complexity index is 881. The Labute approximate surface area is 178 Å². The van der Waals surface area contributed by atoms with E-state index in [-0.39, 0.29) is 12.1 Å². The quantitative estimate of drug-likeness (QED) is 0.423. The van der Waals surface area contributed by atoms with Crippen molar-refractivity contribution in [3.8, 4) is 0 Å². The summed E-state index contributed by atoms with van der Waals surface area (Å²) in [7, 11) is 0. The summed E-state index contributed by atoms with van der Waals surface area (Å²) in [5, 5.41) is 15.9. The van der Waals surface area contributed by atoms with Gasteiger partial charge in [-0.1, -0.05) is 58.7 Å². The minimum atomic E-state index is -1.07. The highest BCUT2D eigenvalue weighted by atomic mass is 79.9. The van der Waals surface area contributed by atoms with Gasteiger partial charge in [-0.05, 0) is 49.1 Å². The van der Waals surface area contributed by atoms with Gasteiger partial charge in [-0.15, -0.1) is 0 Å². The van der Waals surface area contributed by atoms with E-state index in [1.54, 1.807) is 24.3 Å². The molecule has 6 nitrogen and oxygen atoms in total. The van der Waals surface area contributed by atoms with E-state index >= 15 is 0 Å². The van der Waals surface area contributed by atoms with E-state index < -0.39 is 17.8 Å². The van der Waals surface area contributed by atoms with Crippen molar-refractivity contribution in [2.75, 3.05) is 6.54 Å². The first-order valence-corrected chi connectivity index (χ1v) is 10.1. The van der Waals surface area contributed by atoms with Crippen molar-refractivity contribution in [1.82, 2.24) is 10.6 Å². The Morgan fingerprint density at radius 3 is 2.41 bits per heavy atom. The highest BCUT2D eigenvalue weighted by Crippen LogP contribution is 2.13. The molecule has 0 bridgehead atoms. The highest BCUT2D eigenvalue weighted by Gasteiger charge is 2.14. The van der Waals surface area contributed by atoms with Crippen LogP contribution in [0.25, 0.3) is 6.08 Å². The molecule has 2 N–H and O–H groups in total. The summed E-state index contributed by atoms with van der Waals surface area (Å²) in [6.45, 7) is 0.380. The first kappa shape index (κ1) is 22.4. The van der Waals surface area contributed by atoms with Gasteiger partial charge in [-0.25, -0.2) is 0 Å². The van der Waals surface area contributed by atoms with Gasteiger partial charge < -0.3 is 20.5 Å². The molecule has 2 aromatic rings. The zero-order chi connectivity index (χ0) is 21.1. The van der Waals surface area contributed by atoms with Crippen molar-refractivity contribution >= 4 is 39.8 Å². The van der Waals surface area contributed by atoms with Gasteiger partial charge in [0.15, 0.2) is 0 Å². The summed E-state index contributed by atoms with van der Waals surface area (Å²) in [5.41, 5.74) is 1.34. The molecule has 0 atom stereocenters. The monoisotopic (exact) mass is 457 g/mol. The summed E-state index contributed by atoms with van der Waals surface area (Å²) >= 11 is 3.33. The Morgan fingerprint density at radius 1 is 0.966 bits per heavy atom. The van der Waals surface area contributed by atoms with Gasteiger partial charge in [0.1, 0.15) is 5.70 Å². The fourth-order valence-electron chi connectivity index (χ4n) is 2.57. The minimum absolute atomic E-state index is 0.00972. The third kappa shape index (κ3) is 8.31. The number of unbranched alkanes of at least 4 members (excludes halogenated alkanes) is 2. The Morgan fingerprint density at radius 2 is 1.72 bits per heavy atom. The lowest BCUT2D eigenvalue weighted by Gasteiger charge is -2.11. The van der Waals surface area contributed by atoms with Crippen LogP contribution in [0.5, 0.6) is 0 Å². The van der Waals surface area contributed by atoms with E-state index in [4.69, 9.17) is 0 Å². The predicted octanol–water partition coefficient (Wildman–Crippen LogP) is 2.65. The molecular formula is C22H22BrN2O4-. The van der Waals surface area contributed by atoms with E-state index in [1.807, 2.05) is 36.4 Å². The normalized spacial score (nSPS) is 11.0. The number of aliphatic carboxylic acids is 1. The van der Waals surface area contributed by atoms with Gasteiger partial charge in [0.2, 0.25) is 0 Å². The fourth-order valence-corrected chi connectivity index (χ4v) is 2.97. The number of carbonyl (C=O) groups is 3. The Kier molecular flexibility index (Phi) is 9.11. The third-order valence-corrected chi connectivity index (χ3v) is 4.53. The highest BCUT2D eigenvalue weighted by molar-refractivity contribution is 9.10. The Balaban J connectivity index is 2.03. The molecule has 2 rings (SSSR count). The summed E-state index contributed by atoms with van der Waals surface area (Å²) in [6.07, 6.45) is 3.43. The third-order valence-electron chi connectivity index (χ3n) is 4.03. The second-order valence-electron chi connectivity index (χ2n) is 6.37. The number of amides is 2. The molecule has 0 saturated carbocycles. The Hall–Kier alpha value is -2.93. The van der Waals surface area contributed by atoms with Crippen LogP contribution in [0.2, 0.25) is 0 Å².